The summed E-state index contributed by atoms with van der Waals surface area (Å²) in [4.78, 5) is 34.2. The molecule has 0 radical (unpaired) electrons. The summed E-state index contributed by atoms with van der Waals surface area (Å²) in [5.74, 6) is -0.458. The Morgan fingerprint density at radius 2 is 1.09 bits per heavy atom. The molecule has 13 nitrogen and oxygen atoms in total. The van der Waals surface area contributed by atoms with Crippen molar-refractivity contribution in [3.8, 4) is 0 Å². The number of amides is 3. The minimum Gasteiger partial charge on any atom is -0.379 e. The standard InChI is InChI=1S/C21H41IN4O9/c1-23-19(27)2-7-30-10-11-31-8-5-24-3-4-25-20(28)16-33-13-12-32-9-6-26-21(29)17-34-14-15-35-18-22/h24H,2-18H2,1H3,(H,23,27)(H,25,28)(H,26,29). The van der Waals surface area contributed by atoms with Gasteiger partial charge in [-0.05, 0) is 0 Å². The van der Waals surface area contributed by atoms with Gasteiger partial charge in [0.2, 0.25) is 17.7 Å². The Hall–Kier alpha value is -1.14. The van der Waals surface area contributed by atoms with Gasteiger partial charge < -0.3 is 49.7 Å². The predicted octanol–water partition coefficient (Wildman–Crippen LogP) is -1.56. The Labute approximate surface area is 221 Å². The third kappa shape index (κ3) is 27.3. The Morgan fingerprint density at radius 3 is 1.69 bits per heavy atom. The first kappa shape index (κ1) is 33.9. The lowest BCUT2D eigenvalue weighted by atomic mass is 10.4. The number of carbonyl (C=O) groups excluding carboxylic acids is 3. The van der Waals surface area contributed by atoms with Crippen LogP contribution in [0.3, 0.4) is 0 Å². The molecule has 0 unspecified atom stereocenters. The zero-order chi connectivity index (χ0) is 25.8. The second kappa shape index (κ2) is 27.4. The van der Waals surface area contributed by atoms with Crippen LogP contribution in [-0.2, 0) is 42.8 Å². The van der Waals surface area contributed by atoms with Gasteiger partial charge in [-0.15, -0.1) is 0 Å². The quantitative estimate of drug-likeness (QED) is 0.0507. The average molecular weight is 620 g/mol. The fourth-order valence-corrected chi connectivity index (χ4v) is 2.57. The van der Waals surface area contributed by atoms with Crippen molar-refractivity contribution in [2.24, 2.45) is 0 Å². The number of rotatable bonds is 26. The van der Waals surface area contributed by atoms with E-state index < -0.39 is 0 Å². The second-order valence-electron chi connectivity index (χ2n) is 6.83. The van der Waals surface area contributed by atoms with Crippen LogP contribution in [0.25, 0.3) is 0 Å². The molecule has 3 amide bonds. The molecule has 0 aliphatic rings. The molecule has 0 bridgehead atoms. The molecule has 0 spiro atoms. The molecule has 4 N–H and O–H groups in total. The van der Waals surface area contributed by atoms with Gasteiger partial charge in [-0.25, -0.2) is 0 Å². The van der Waals surface area contributed by atoms with Gasteiger partial charge in [0, 0.05) is 39.6 Å². The molecule has 0 rings (SSSR count). The SMILES string of the molecule is CNC(=O)CCOCCOCCNCCNC(=O)COCCOCCNC(=O)COCCOCI. The maximum absolute atomic E-state index is 11.7. The normalized spacial score (nSPS) is 10.8. The number of ether oxygens (including phenoxy) is 6. The van der Waals surface area contributed by atoms with Crippen LogP contribution in [0, 0.1) is 0 Å². The average Bonchev–Trinajstić information content (AvgIpc) is 2.85. The van der Waals surface area contributed by atoms with E-state index in [4.69, 9.17) is 28.4 Å². The molecule has 0 atom stereocenters. The van der Waals surface area contributed by atoms with E-state index in [0.717, 1.165) is 0 Å². The Bertz CT molecular complexity index is 533. The van der Waals surface area contributed by atoms with Crippen LogP contribution in [0.15, 0.2) is 0 Å². The summed E-state index contributed by atoms with van der Waals surface area (Å²) >= 11 is 2.09. The van der Waals surface area contributed by atoms with E-state index in [1.165, 1.54) is 0 Å². The largest absolute Gasteiger partial charge is 0.379 e. The van der Waals surface area contributed by atoms with Crippen molar-refractivity contribution < 1.29 is 42.8 Å². The minimum atomic E-state index is -0.210. The molecule has 0 aromatic heterocycles. The maximum Gasteiger partial charge on any atom is 0.246 e. The van der Waals surface area contributed by atoms with Crippen molar-refractivity contribution in [3.63, 3.8) is 0 Å². The molecule has 0 aromatic carbocycles. The van der Waals surface area contributed by atoms with Crippen molar-refractivity contribution in [2.75, 3.05) is 111 Å². The molecule has 0 saturated heterocycles. The molecule has 0 saturated carbocycles. The molecule has 14 heteroatoms. The first-order valence-corrected chi connectivity index (χ1v) is 13.1. The zero-order valence-corrected chi connectivity index (χ0v) is 22.7. The molecule has 35 heavy (non-hydrogen) atoms. The fraction of sp³-hybridized carbons (Fsp3) is 0.857. The first-order chi connectivity index (χ1) is 17.1. The van der Waals surface area contributed by atoms with Crippen LogP contribution >= 0.6 is 22.6 Å². The first-order valence-electron chi connectivity index (χ1n) is 11.6. The number of hydrogen-bond donors (Lipinski definition) is 4. The smallest absolute Gasteiger partial charge is 0.246 e. The van der Waals surface area contributed by atoms with Crippen molar-refractivity contribution in [1.82, 2.24) is 21.3 Å². The number of carbonyl (C=O) groups is 3. The third-order valence-electron chi connectivity index (χ3n) is 4.03. The number of hydrogen-bond acceptors (Lipinski definition) is 10. The third-order valence-corrected chi connectivity index (χ3v) is 4.47. The van der Waals surface area contributed by atoms with Crippen molar-refractivity contribution in [1.29, 1.82) is 0 Å². The molecular weight excluding hydrogens is 579 g/mol. The highest BCUT2D eigenvalue weighted by molar-refractivity contribution is 14.1. The summed E-state index contributed by atoms with van der Waals surface area (Å²) in [6, 6.07) is 0. The number of halogens is 1. The summed E-state index contributed by atoms with van der Waals surface area (Å²) in [6.45, 7) is 5.69. The van der Waals surface area contributed by atoms with Crippen LogP contribution in [0.5, 0.6) is 0 Å². The summed E-state index contributed by atoms with van der Waals surface area (Å²) in [5.41, 5.74) is 0. The Kier molecular flexibility index (Phi) is 26.6. The van der Waals surface area contributed by atoms with Crippen LogP contribution in [0.4, 0.5) is 0 Å². The van der Waals surface area contributed by atoms with E-state index in [-0.39, 0.29) is 37.5 Å². The van der Waals surface area contributed by atoms with Gasteiger partial charge in [-0.3, -0.25) is 14.4 Å². The van der Waals surface area contributed by atoms with E-state index in [1.807, 2.05) is 0 Å². The lowest BCUT2D eigenvalue weighted by Gasteiger charge is -2.09. The van der Waals surface area contributed by atoms with Crippen molar-refractivity contribution in [3.05, 3.63) is 0 Å². The van der Waals surface area contributed by atoms with Gasteiger partial charge >= 0.3 is 0 Å². The van der Waals surface area contributed by atoms with E-state index in [9.17, 15) is 14.4 Å². The van der Waals surface area contributed by atoms with Crippen LogP contribution in [0.1, 0.15) is 6.42 Å². The second-order valence-corrected chi connectivity index (χ2v) is 7.46. The number of nitrogens with one attached hydrogen (secondary N) is 4. The Balaban J connectivity index is 3.26. The lowest BCUT2D eigenvalue weighted by Crippen LogP contribution is -2.35. The van der Waals surface area contributed by atoms with Crippen LogP contribution < -0.4 is 21.3 Å². The van der Waals surface area contributed by atoms with Gasteiger partial charge in [0.1, 0.15) is 13.2 Å². The van der Waals surface area contributed by atoms with Gasteiger partial charge in [0.25, 0.3) is 0 Å². The van der Waals surface area contributed by atoms with Gasteiger partial charge in [-0.1, -0.05) is 22.6 Å². The molecule has 0 aliphatic carbocycles. The summed E-state index contributed by atoms with van der Waals surface area (Å²) in [7, 11) is 1.59. The van der Waals surface area contributed by atoms with Crippen LogP contribution in [0.2, 0.25) is 0 Å². The number of alkyl halides is 1. The van der Waals surface area contributed by atoms with Gasteiger partial charge in [0.15, 0.2) is 0 Å². The zero-order valence-electron chi connectivity index (χ0n) is 20.6. The van der Waals surface area contributed by atoms with E-state index in [2.05, 4.69) is 43.9 Å². The molecule has 0 aliphatic heterocycles. The van der Waals surface area contributed by atoms with Gasteiger partial charge in [0.05, 0.1) is 64.1 Å². The predicted molar refractivity (Wildman–Crippen MR) is 137 cm³/mol. The minimum absolute atomic E-state index is 0.00989. The van der Waals surface area contributed by atoms with Gasteiger partial charge in [-0.2, -0.15) is 0 Å². The molecule has 0 aromatic rings. The van der Waals surface area contributed by atoms with E-state index in [1.54, 1.807) is 7.05 Å². The summed E-state index contributed by atoms with van der Waals surface area (Å²) < 4.78 is 32.1. The van der Waals surface area contributed by atoms with E-state index >= 15 is 0 Å². The van der Waals surface area contributed by atoms with Crippen molar-refractivity contribution >= 4 is 40.3 Å². The molecule has 0 fully saturated rings. The van der Waals surface area contributed by atoms with Crippen LogP contribution in [-0.4, -0.2) is 128 Å². The Morgan fingerprint density at radius 1 is 0.571 bits per heavy atom. The highest BCUT2D eigenvalue weighted by Gasteiger charge is 2.02. The molecular formula is C21H41IN4O9. The topological polar surface area (TPSA) is 155 Å². The lowest BCUT2D eigenvalue weighted by molar-refractivity contribution is -0.127. The maximum atomic E-state index is 11.7. The van der Waals surface area contributed by atoms with E-state index in [0.29, 0.717) is 90.1 Å². The summed E-state index contributed by atoms with van der Waals surface area (Å²) in [5, 5.41) is 11.1. The fourth-order valence-electron chi connectivity index (χ4n) is 2.26. The highest BCUT2D eigenvalue weighted by atomic mass is 127. The van der Waals surface area contributed by atoms with Crippen molar-refractivity contribution in [2.45, 2.75) is 6.42 Å². The summed E-state index contributed by atoms with van der Waals surface area (Å²) in [6.07, 6.45) is 0.344. The highest BCUT2D eigenvalue weighted by Crippen LogP contribution is 1.85. The molecule has 206 valence electrons. The molecule has 0 heterocycles. The monoisotopic (exact) mass is 620 g/mol.